The van der Waals surface area contributed by atoms with E-state index in [4.69, 9.17) is 4.74 Å². The molecule has 0 atom stereocenters. The molecule has 144 valence electrons. The Morgan fingerprint density at radius 3 is 2.54 bits per heavy atom. The molecule has 28 heavy (non-hydrogen) atoms. The Bertz CT molecular complexity index is 923. The molecule has 7 heteroatoms. The normalized spacial score (nSPS) is 10.5. The van der Waals surface area contributed by atoms with Crippen LogP contribution in [0.2, 0.25) is 0 Å². The second kappa shape index (κ2) is 10.1. The van der Waals surface area contributed by atoms with Crippen molar-refractivity contribution in [3.63, 3.8) is 0 Å². The third-order valence-electron chi connectivity index (χ3n) is 3.83. The van der Waals surface area contributed by atoms with Crippen molar-refractivity contribution >= 4 is 34.9 Å². The number of aromatic nitrogens is 1. The Morgan fingerprint density at radius 1 is 1.07 bits per heavy atom. The number of Topliss-reactive ketones (excluding diaryl/α,β-unsaturated/α-hetero) is 1. The van der Waals surface area contributed by atoms with E-state index >= 15 is 0 Å². The number of benzene rings is 2. The summed E-state index contributed by atoms with van der Waals surface area (Å²) in [6.07, 6.45) is 1.01. The summed E-state index contributed by atoms with van der Waals surface area (Å²) in [5.74, 6) is 0.776. The van der Waals surface area contributed by atoms with Gasteiger partial charge in [0.05, 0.1) is 7.11 Å². The summed E-state index contributed by atoms with van der Waals surface area (Å²) in [6, 6.07) is 18.0. The smallest absolute Gasteiger partial charge is 0.357 e. The maximum absolute atomic E-state index is 12.2. The van der Waals surface area contributed by atoms with E-state index in [1.807, 2.05) is 30.3 Å². The van der Waals surface area contributed by atoms with Crippen LogP contribution < -0.4 is 4.74 Å². The van der Waals surface area contributed by atoms with Gasteiger partial charge in [-0.15, -0.1) is 23.1 Å². The van der Waals surface area contributed by atoms with E-state index in [2.05, 4.69) is 34.0 Å². The van der Waals surface area contributed by atoms with Crippen LogP contribution in [0.5, 0.6) is 5.75 Å². The van der Waals surface area contributed by atoms with Gasteiger partial charge in [0.2, 0.25) is 5.78 Å². The van der Waals surface area contributed by atoms with E-state index in [9.17, 15) is 9.59 Å². The highest BCUT2D eigenvalue weighted by Crippen LogP contribution is 2.22. The minimum Gasteiger partial charge on any atom is -0.485 e. The molecule has 0 aliphatic heterocycles. The molecule has 0 fully saturated rings. The predicted molar refractivity (Wildman–Crippen MR) is 111 cm³/mol. The van der Waals surface area contributed by atoms with Crippen LogP contribution in [0, 0.1) is 0 Å². The van der Waals surface area contributed by atoms with Gasteiger partial charge in [0.1, 0.15) is 5.75 Å². The van der Waals surface area contributed by atoms with Crippen molar-refractivity contribution in [2.75, 3.05) is 19.5 Å². The van der Waals surface area contributed by atoms with Gasteiger partial charge in [-0.3, -0.25) is 4.79 Å². The molecule has 0 saturated carbocycles. The molecule has 0 spiro atoms. The number of thiazole rings is 1. The molecule has 0 aliphatic rings. The highest BCUT2D eigenvalue weighted by Gasteiger charge is 2.16. The molecule has 1 heterocycles. The fourth-order valence-electron chi connectivity index (χ4n) is 2.37. The Kier molecular flexibility index (Phi) is 7.22. The molecule has 3 rings (SSSR count). The van der Waals surface area contributed by atoms with Crippen LogP contribution in [0.15, 0.2) is 64.9 Å². The summed E-state index contributed by atoms with van der Waals surface area (Å²) >= 11 is 2.88. The molecular weight excluding hydrogens is 394 g/mol. The van der Waals surface area contributed by atoms with Gasteiger partial charge in [-0.05, 0) is 36.2 Å². The maximum Gasteiger partial charge on any atom is 0.357 e. The summed E-state index contributed by atoms with van der Waals surface area (Å²) < 4.78 is 10.1. The highest BCUT2D eigenvalue weighted by atomic mass is 32.2. The third-order valence-corrected chi connectivity index (χ3v) is 5.73. The molecule has 5 nitrogen and oxygen atoms in total. The largest absolute Gasteiger partial charge is 0.485 e. The van der Waals surface area contributed by atoms with Crippen LogP contribution in [-0.4, -0.2) is 36.2 Å². The van der Waals surface area contributed by atoms with Crippen molar-refractivity contribution in [3.05, 3.63) is 76.2 Å². The summed E-state index contributed by atoms with van der Waals surface area (Å²) in [4.78, 5) is 28.7. The van der Waals surface area contributed by atoms with Gasteiger partial charge >= 0.3 is 5.97 Å². The number of carbonyl (C=O) groups excluding carboxylic acids is 2. The van der Waals surface area contributed by atoms with Crippen LogP contribution >= 0.6 is 23.1 Å². The standard InChI is InChI=1S/C21H19NO4S2/c1-25-21(24)18-14-28-20(22-18)19(23)13-26-16-7-9-17(10-8-16)27-12-11-15-5-3-2-4-6-15/h2-10,14H,11-13H2,1H3. The highest BCUT2D eigenvalue weighted by molar-refractivity contribution is 7.99. The molecule has 0 N–H and O–H groups in total. The zero-order valence-corrected chi connectivity index (χ0v) is 16.9. The summed E-state index contributed by atoms with van der Waals surface area (Å²) in [7, 11) is 1.27. The number of aryl methyl sites for hydroxylation is 1. The average molecular weight is 414 g/mol. The zero-order valence-electron chi connectivity index (χ0n) is 15.3. The molecule has 1 aromatic heterocycles. The molecule has 0 saturated heterocycles. The van der Waals surface area contributed by atoms with E-state index in [0.717, 1.165) is 28.4 Å². The van der Waals surface area contributed by atoms with Crippen molar-refractivity contribution in [2.45, 2.75) is 11.3 Å². The van der Waals surface area contributed by atoms with Gasteiger partial charge < -0.3 is 9.47 Å². The number of ether oxygens (including phenoxy) is 2. The number of methoxy groups -OCH3 is 1. The second-order valence-corrected chi connectivity index (χ2v) is 7.82. The van der Waals surface area contributed by atoms with E-state index in [1.54, 1.807) is 11.8 Å². The van der Waals surface area contributed by atoms with Crippen LogP contribution in [-0.2, 0) is 11.2 Å². The Hall–Kier alpha value is -2.64. The lowest BCUT2D eigenvalue weighted by molar-refractivity contribution is 0.0595. The van der Waals surface area contributed by atoms with Gasteiger partial charge in [-0.1, -0.05) is 30.3 Å². The van der Waals surface area contributed by atoms with Crippen molar-refractivity contribution < 1.29 is 19.1 Å². The van der Waals surface area contributed by atoms with Gasteiger partial charge in [0, 0.05) is 16.0 Å². The van der Waals surface area contributed by atoms with E-state index in [-0.39, 0.29) is 23.1 Å². The quantitative estimate of drug-likeness (QED) is 0.292. The molecule has 0 aliphatic carbocycles. The Morgan fingerprint density at radius 2 is 1.82 bits per heavy atom. The first kappa shape index (κ1) is 20.1. The average Bonchev–Trinajstić information content (AvgIpc) is 3.23. The number of carbonyl (C=O) groups is 2. The molecule has 0 unspecified atom stereocenters. The van der Waals surface area contributed by atoms with E-state index < -0.39 is 5.97 Å². The van der Waals surface area contributed by atoms with Crippen LogP contribution in [0.4, 0.5) is 0 Å². The molecule has 0 bridgehead atoms. The van der Waals surface area contributed by atoms with E-state index in [1.165, 1.54) is 18.1 Å². The minimum absolute atomic E-state index is 0.130. The van der Waals surface area contributed by atoms with Crippen molar-refractivity contribution in [2.24, 2.45) is 0 Å². The zero-order chi connectivity index (χ0) is 19.8. The number of ketones is 1. The second-order valence-electron chi connectivity index (χ2n) is 5.80. The number of rotatable bonds is 9. The third kappa shape index (κ3) is 5.68. The molecule has 3 aromatic rings. The number of hydrogen-bond donors (Lipinski definition) is 0. The van der Waals surface area contributed by atoms with Gasteiger partial charge in [-0.2, -0.15) is 0 Å². The van der Waals surface area contributed by atoms with Crippen molar-refractivity contribution in [1.82, 2.24) is 4.98 Å². The fraction of sp³-hybridized carbons (Fsp3) is 0.190. The number of hydrogen-bond acceptors (Lipinski definition) is 7. The van der Waals surface area contributed by atoms with Gasteiger partial charge in [0.15, 0.2) is 17.3 Å². The minimum atomic E-state index is -0.559. The number of nitrogens with zero attached hydrogens (tertiary/aromatic N) is 1. The number of esters is 1. The lowest BCUT2D eigenvalue weighted by Gasteiger charge is -2.06. The Labute approximate surface area is 171 Å². The Balaban J connectivity index is 1.45. The van der Waals surface area contributed by atoms with Crippen LogP contribution in [0.3, 0.4) is 0 Å². The van der Waals surface area contributed by atoms with Crippen LogP contribution in [0.1, 0.15) is 25.9 Å². The molecule has 0 radical (unpaired) electrons. The molecule has 2 aromatic carbocycles. The summed E-state index contributed by atoms with van der Waals surface area (Å²) in [5, 5.41) is 1.73. The topological polar surface area (TPSA) is 65.5 Å². The van der Waals surface area contributed by atoms with E-state index in [0.29, 0.717) is 5.75 Å². The lowest BCUT2D eigenvalue weighted by Crippen LogP contribution is -2.12. The predicted octanol–water partition coefficient (Wildman–Crippen LogP) is 4.53. The summed E-state index contributed by atoms with van der Waals surface area (Å²) in [6.45, 7) is -0.130. The SMILES string of the molecule is COC(=O)c1csc(C(=O)COc2ccc(SCCc3ccccc3)cc2)n1. The first-order valence-electron chi connectivity index (χ1n) is 8.62. The maximum atomic E-state index is 12.2. The van der Waals surface area contributed by atoms with Gasteiger partial charge in [-0.25, -0.2) is 9.78 Å². The first-order chi connectivity index (χ1) is 13.7. The van der Waals surface area contributed by atoms with Crippen LogP contribution in [0.25, 0.3) is 0 Å². The van der Waals surface area contributed by atoms with Crippen molar-refractivity contribution in [1.29, 1.82) is 0 Å². The molecule has 0 amide bonds. The summed E-state index contributed by atoms with van der Waals surface area (Å²) in [5.41, 5.74) is 1.46. The fourth-order valence-corrected chi connectivity index (χ4v) is 3.99. The monoisotopic (exact) mass is 413 g/mol. The molecular formula is C21H19NO4S2. The van der Waals surface area contributed by atoms with Crippen molar-refractivity contribution in [3.8, 4) is 5.75 Å². The first-order valence-corrected chi connectivity index (χ1v) is 10.5. The number of thioether (sulfide) groups is 1. The van der Waals surface area contributed by atoms with Gasteiger partial charge in [0.25, 0.3) is 0 Å². The lowest BCUT2D eigenvalue weighted by atomic mass is 10.2.